The van der Waals surface area contributed by atoms with Gasteiger partial charge in [-0.2, -0.15) is 0 Å². The van der Waals surface area contributed by atoms with Crippen molar-refractivity contribution in [3.05, 3.63) is 162 Å². The predicted octanol–water partition coefficient (Wildman–Crippen LogP) is 7.93. The molecule has 0 saturated heterocycles. The third-order valence-corrected chi connectivity index (χ3v) is 6.34. The van der Waals surface area contributed by atoms with E-state index in [-0.39, 0.29) is 6.17 Å². The standard InChI is InChI=1S/C34H31N3/c35-34(29-16-8-3-9-17-29)37-32(25-20-26-12-4-1-5-13-26)28-21-23-30(24-22-28)36-33-19-11-10-18-31(33)27-14-6-2-7-15-27/h1-19,21-25,34,36-37H,20,35H2/b32-25-. The van der Waals surface area contributed by atoms with Crippen molar-refractivity contribution < 1.29 is 0 Å². The molecule has 3 heteroatoms. The monoisotopic (exact) mass is 481 g/mol. The normalized spacial score (nSPS) is 12.1. The van der Waals surface area contributed by atoms with E-state index in [1.807, 2.05) is 42.5 Å². The molecule has 182 valence electrons. The molecule has 0 aliphatic rings. The topological polar surface area (TPSA) is 50.1 Å². The average Bonchev–Trinajstić information content (AvgIpc) is 2.97. The Morgan fingerprint density at radius 1 is 0.649 bits per heavy atom. The summed E-state index contributed by atoms with van der Waals surface area (Å²) in [7, 11) is 0. The van der Waals surface area contributed by atoms with Gasteiger partial charge in [0.1, 0.15) is 6.17 Å². The second-order valence-electron chi connectivity index (χ2n) is 8.95. The third kappa shape index (κ3) is 6.35. The zero-order chi connectivity index (χ0) is 25.3. The van der Waals surface area contributed by atoms with E-state index in [4.69, 9.17) is 5.73 Å². The highest BCUT2D eigenvalue weighted by Crippen LogP contribution is 2.30. The zero-order valence-corrected chi connectivity index (χ0v) is 20.7. The van der Waals surface area contributed by atoms with Crippen LogP contribution >= 0.6 is 0 Å². The van der Waals surface area contributed by atoms with Crippen molar-refractivity contribution in [3.8, 4) is 11.1 Å². The van der Waals surface area contributed by atoms with Gasteiger partial charge in [0.25, 0.3) is 0 Å². The van der Waals surface area contributed by atoms with E-state index in [1.54, 1.807) is 0 Å². The minimum Gasteiger partial charge on any atom is -0.366 e. The van der Waals surface area contributed by atoms with Crippen LogP contribution < -0.4 is 16.4 Å². The van der Waals surface area contributed by atoms with Crippen LogP contribution in [0.15, 0.2) is 146 Å². The molecule has 0 heterocycles. The van der Waals surface area contributed by atoms with Gasteiger partial charge in [-0.1, -0.05) is 127 Å². The van der Waals surface area contributed by atoms with Crippen molar-refractivity contribution in [1.29, 1.82) is 0 Å². The molecule has 0 amide bonds. The van der Waals surface area contributed by atoms with E-state index in [9.17, 15) is 0 Å². The van der Waals surface area contributed by atoms with Gasteiger partial charge in [-0.3, -0.25) is 0 Å². The van der Waals surface area contributed by atoms with Gasteiger partial charge in [0.05, 0.1) is 0 Å². The van der Waals surface area contributed by atoms with Gasteiger partial charge < -0.3 is 16.4 Å². The molecule has 0 aliphatic carbocycles. The molecule has 1 unspecified atom stereocenters. The molecule has 0 aliphatic heterocycles. The Balaban J connectivity index is 1.38. The highest BCUT2D eigenvalue weighted by Gasteiger charge is 2.10. The number of hydrogen-bond acceptors (Lipinski definition) is 3. The van der Waals surface area contributed by atoms with Gasteiger partial charge in [0, 0.05) is 22.6 Å². The van der Waals surface area contributed by atoms with Crippen LogP contribution in [-0.2, 0) is 6.42 Å². The largest absolute Gasteiger partial charge is 0.366 e. The van der Waals surface area contributed by atoms with Crippen LogP contribution in [0.1, 0.15) is 22.9 Å². The van der Waals surface area contributed by atoms with E-state index >= 15 is 0 Å². The zero-order valence-electron chi connectivity index (χ0n) is 20.7. The molecule has 37 heavy (non-hydrogen) atoms. The van der Waals surface area contributed by atoms with Crippen molar-refractivity contribution in [3.63, 3.8) is 0 Å². The summed E-state index contributed by atoms with van der Waals surface area (Å²) in [5.74, 6) is 0. The Bertz CT molecular complexity index is 1430. The second-order valence-corrected chi connectivity index (χ2v) is 8.95. The number of benzene rings is 5. The predicted molar refractivity (Wildman–Crippen MR) is 156 cm³/mol. The minimum atomic E-state index is -0.307. The highest BCUT2D eigenvalue weighted by molar-refractivity contribution is 5.81. The Morgan fingerprint density at radius 3 is 1.95 bits per heavy atom. The molecule has 0 radical (unpaired) electrons. The summed E-state index contributed by atoms with van der Waals surface area (Å²) >= 11 is 0. The fraction of sp³-hybridized carbons (Fsp3) is 0.0588. The SMILES string of the molecule is NC(N/C(=C\Cc1ccccc1)c1ccc(Nc2ccccc2-c2ccccc2)cc1)c1ccccc1. The molecule has 4 N–H and O–H groups in total. The Labute approximate surface area is 219 Å². The van der Waals surface area contributed by atoms with Gasteiger partial charge in [-0.05, 0) is 46.9 Å². The molecule has 5 aromatic carbocycles. The first-order valence-electron chi connectivity index (χ1n) is 12.6. The van der Waals surface area contributed by atoms with Crippen LogP contribution in [0.5, 0.6) is 0 Å². The molecule has 5 rings (SSSR count). The summed E-state index contributed by atoms with van der Waals surface area (Å²) in [6.45, 7) is 0. The third-order valence-electron chi connectivity index (χ3n) is 6.34. The van der Waals surface area contributed by atoms with Crippen molar-refractivity contribution in [1.82, 2.24) is 5.32 Å². The first-order valence-corrected chi connectivity index (χ1v) is 12.6. The summed E-state index contributed by atoms with van der Waals surface area (Å²) in [5, 5.41) is 7.14. The molecule has 5 aromatic rings. The number of para-hydroxylation sites is 1. The number of nitrogens with one attached hydrogen (secondary N) is 2. The maximum atomic E-state index is 6.54. The molecule has 0 fully saturated rings. The lowest BCUT2D eigenvalue weighted by molar-refractivity contribution is 0.666. The van der Waals surface area contributed by atoms with E-state index in [1.165, 1.54) is 16.7 Å². The van der Waals surface area contributed by atoms with Gasteiger partial charge in [0.2, 0.25) is 0 Å². The number of anilines is 2. The van der Waals surface area contributed by atoms with Crippen LogP contribution in [0.3, 0.4) is 0 Å². The highest BCUT2D eigenvalue weighted by atomic mass is 15.0. The maximum absolute atomic E-state index is 6.54. The number of nitrogens with two attached hydrogens (primary N) is 1. The average molecular weight is 482 g/mol. The van der Waals surface area contributed by atoms with E-state index in [0.29, 0.717) is 0 Å². The lowest BCUT2D eigenvalue weighted by atomic mass is 10.0. The second kappa shape index (κ2) is 11.9. The molecule has 3 nitrogen and oxygen atoms in total. The van der Waals surface area contributed by atoms with Crippen LogP contribution in [0.4, 0.5) is 11.4 Å². The number of rotatable bonds is 9. The minimum absolute atomic E-state index is 0.307. The van der Waals surface area contributed by atoms with Crippen molar-refractivity contribution in [2.24, 2.45) is 5.73 Å². The molecule has 0 saturated carbocycles. The fourth-order valence-corrected chi connectivity index (χ4v) is 4.36. The summed E-state index contributed by atoms with van der Waals surface area (Å²) in [5.41, 5.74) is 15.4. The quantitative estimate of drug-likeness (QED) is 0.187. The summed E-state index contributed by atoms with van der Waals surface area (Å²) in [6.07, 6.45) is 2.72. The summed E-state index contributed by atoms with van der Waals surface area (Å²) in [4.78, 5) is 0. The van der Waals surface area contributed by atoms with E-state index < -0.39 is 0 Å². The summed E-state index contributed by atoms with van der Waals surface area (Å²) < 4.78 is 0. The lowest BCUT2D eigenvalue weighted by Crippen LogP contribution is -2.27. The maximum Gasteiger partial charge on any atom is 0.101 e. The van der Waals surface area contributed by atoms with Gasteiger partial charge in [-0.25, -0.2) is 0 Å². The Morgan fingerprint density at radius 2 is 1.24 bits per heavy atom. The lowest BCUT2D eigenvalue weighted by Gasteiger charge is -2.19. The molecule has 0 spiro atoms. The van der Waals surface area contributed by atoms with E-state index in [2.05, 4.69) is 114 Å². The van der Waals surface area contributed by atoms with Crippen molar-refractivity contribution >= 4 is 17.1 Å². The molecule has 1 atom stereocenters. The van der Waals surface area contributed by atoms with Crippen LogP contribution in [0.25, 0.3) is 16.8 Å². The fourth-order valence-electron chi connectivity index (χ4n) is 4.36. The molecule has 0 aromatic heterocycles. The Kier molecular flexibility index (Phi) is 7.75. The first-order chi connectivity index (χ1) is 18.3. The smallest absolute Gasteiger partial charge is 0.101 e. The van der Waals surface area contributed by atoms with Crippen LogP contribution in [0, 0.1) is 0 Å². The van der Waals surface area contributed by atoms with Gasteiger partial charge >= 0.3 is 0 Å². The van der Waals surface area contributed by atoms with E-state index in [0.717, 1.165) is 34.6 Å². The van der Waals surface area contributed by atoms with Crippen LogP contribution in [-0.4, -0.2) is 0 Å². The van der Waals surface area contributed by atoms with Gasteiger partial charge in [-0.15, -0.1) is 0 Å². The number of allylic oxidation sites excluding steroid dienone is 1. The van der Waals surface area contributed by atoms with Gasteiger partial charge in [0.15, 0.2) is 0 Å². The van der Waals surface area contributed by atoms with Crippen molar-refractivity contribution in [2.75, 3.05) is 5.32 Å². The Hall–Kier alpha value is -4.60. The van der Waals surface area contributed by atoms with Crippen LogP contribution in [0.2, 0.25) is 0 Å². The molecule has 0 bridgehead atoms. The van der Waals surface area contributed by atoms with Crippen molar-refractivity contribution in [2.45, 2.75) is 12.6 Å². The molecular formula is C34H31N3. The first kappa shape index (κ1) is 24.1. The number of hydrogen-bond donors (Lipinski definition) is 3. The summed E-state index contributed by atoms with van der Waals surface area (Å²) in [6, 6.07) is 47.9. The molecular weight excluding hydrogens is 450 g/mol.